The number of hydrogen-bond donors (Lipinski definition) is 0. The van der Waals surface area contributed by atoms with E-state index in [4.69, 9.17) is 4.42 Å². The van der Waals surface area contributed by atoms with Crippen molar-refractivity contribution >= 4 is 5.78 Å². The lowest BCUT2D eigenvalue weighted by Gasteiger charge is -2.23. The van der Waals surface area contributed by atoms with Gasteiger partial charge in [-0.2, -0.15) is 0 Å². The molecular formula is C22H21NO2. The Kier molecular flexibility index (Phi) is 4.22. The van der Waals surface area contributed by atoms with E-state index in [9.17, 15) is 4.79 Å². The fraction of sp³-hybridized carbons (Fsp3) is 0.273. The van der Waals surface area contributed by atoms with Gasteiger partial charge in [-0.25, -0.2) is 4.98 Å². The maximum absolute atomic E-state index is 12.2. The second-order valence-corrected chi connectivity index (χ2v) is 6.83. The highest BCUT2D eigenvalue weighted by molar-refractivity contribution is 5.84. The normalized spacial score (nSPS) is 14.3. The van der Waals surface area contributed by atoms with Gasteiger partial charge in [0.2, 0.25) is 5.89 Å². The number of ketones is 1. The largest absolute Gasteiger partial charge is 0.445 e. The zero-order valence-electron chi connectivity index (χ0n) is 14.4. The van der Waals surface area contributed by atoms with Crippen LogP contribution in [0.3, 0.4) is 0 Å². The van der Waals surface area contributed by atoms with Crippen LogP contribution in [0.1, 0.15) is 30.4 Å². The van der Waals surface area contributed by atoms with Crippen molar-refractivity contribution in [3.8, 4) is 22.6 Å². The Bertz CT molecular complexity index is 875. The van der Waals surface area contributed by atoms with Gasteiger partial charge in [0.05, 0.1) is 6.20 Å². The van der Waals surface area contributed by atoms with E-state index in [0.717, 1.165) is 35.1 Å². The molecule has 1 heterocycles. The smallest absolute Gasteiger partial charge is 0.225 e. The summed E-state index contributed by atoms with van der Waals surface area (Å²) in [6.07, 6.45) is 7.15. The van der Waals surface area contributed by atoms with E-state index < -0.39 is 0 Å². The summed E-state index contributed by atoms with van der Waals surface area (Å²) in [5, 5.41) is 0. The summed E-state index contributed by atoms with van der Waals surface area (Å²) in [6.45, 7) is 2.10. The Balaban J connectivity index is 1.57. The molecule has 1 aromatic heterocycles. The summed E-state index contributed by atoms with van der Waals surface area (Å²) < 4.78 is 5.40. The van der Waals surface area contributed by atoms with Crippen molar-refractivity contribution < 1.29 is 9.21 Å². The van der Waals surface area contributed by atoms with E-state index >= 15 is 0 Å². The fourth-order valence-electron chi connectivity index (χ4n) is 3.31. The molecule has 3 heteroatoms. The molecule has 0 atom stereocenters. The molecular weight excluding hydrogens is 310 g/mol. The zero-order valence-corrected chi connectivity index (χ0v) is 14.4. The van der Waals surface area contributed by atoms with Gasteiger partial charge in [-0.1, -0.05) is 36.8 Å². The van der Waals surface area contributed by atoms with Gasteiger partial charge in [-0.05, 0) is 54.2 Å². The zero-order chi connectivity index (χ0) is 17.2. The lowest BCUT2D eigenvalue weighted by Crippen LogP contribution is -2.23. The fourth-order valence-corrected chi connectivity index (χ4v) is 3.31. The van der Waals surface area contributed by atoms with Crippen LogP contribution < -0.4 is 0 Å². The van der Waals surface area contributed by atoms with E-state index in [1.165, 1.54) is 12.0 Å². The molecule has 126 valence electrons. The van der Waals surface area contributed by atoms with Crippen LogP contribution in [-0.2, 0) is 11.2 Å². The number of nitrogens with zero attached hydrogens (tertiary/aromatic N) is 1. The van der Waals surface area contributed by atoms with Crippen LogP contribution in [0.2, 0.25) is 0 Å². The van der Waals surface area contributed by atoms with Gasteiger partial charge < -0.3 is 4.42 Å². The average Bonchev–Trinajstić information content (AvgIpc) is 3.09. The van der Waals surface area contributed by atoms with Crippen molar-refractivity contribution in [1.29, 1.82) is 0 Å². The number of Topliss-reactive ketones (excluding diaryl/α,β-unsaturated/α-hetero) is 1. The number of aryl methyl sites for hydroxylation is 1. The lowest BCUT2D eigenvalue weighted by atomic mass is 9.80. The molecule has 3 aromatic rings. The molecule has 1 fully saturated rings. The predicted octanol–water partition coefficient (Wildman–Crippen LogP) is 5.23. The lowest BCUT2D eigenvalue weighted by molar-refractivity contribution is -0.124. The van der Waals surface area contributed by atoms with Gasteiger partial charge in [-0.3, -0.25) is 4.79 Å². The summed E-state index contributed by atoms with van der Waals surface area (Å²) in [6, 6.07) is 14.6. The minimum atomic E-state index is 0.305. The maximum Gasteiger partial charge on any atom is 0.225 e. The Morgan fingerprint density at radius 2 is 1.88 bits per heavy atom. The van der Waals surface area contributed by atoms with E-state index in [1.54, 1.807) is 12.5 Å². The van der Waals surface area contributed by atoms with E-state index in [1.807, 2.05) is 6.07 Å². The van der Waals surface area contributed by atoms with Crippen LogP contribution in [0.15, 0.2) is 59.3 Å². The molecule has 1 saturated carbocycles. The summed E-state index contributed by atoms with van der Waals surface area (Å²) in [7, 11) is 0. The molecule has 0 radical (unpaired) electrons. The summed E-state index contributed by atoms with van der Waals surface area (Å²) in [5.41, 5.74) is 5.57. The van der Waals surface area contributed by atoms with Gasteiger partial charge in [0.25, 0.3) is 0 Å². The van der Waals surface area contributed by atoms with Crippen molar-refractivity contribution in [3.05, 3.63) is 66.1 Å². The number of aromatic nitrogens is 1. The number of rotatable bonds is 5. The van der Waals surface area contributed by atoms with Crippen LogP contribution in [0, 0.1) is 12.8 Å². The molecule has 1 aliphatic carbocycles. The number of carbonyl (C=O) groups is 1. The molecule has 2 aromatic carbocycles. The van der Waals surface area contributed by atoms with Crippen molar-refractivity contribution in [2.75, 3.05) is 0 Å². The quantitative estimate of drug-likeness (QED) is 0.643. The van der Waals surface area contributed by atoms with E-state index in [2.05, 4.69) is 48.3 Å². The third kappa shape index (κ3) is 3.27. The van der Waals surface area contributed by atoms with Crippen molar-refractivity contribution in [3.63, 3.8) is 0 Å². The van der Waals surface area contributed by atoms with E-state index in [0.29, 0.717) is 24.0 Å². The summed E-state index contributed by atoms with van der Waals surface area (Å²) in [5.74, 6) is 1.32. The SMILES string of the molecule is Cc1ccc(-c2ncco2)cc1-c1ccc(CC(=O)C2CCC2)cc1. The van der Waals surface area contributed by atoms with Crippen molar-refractivity contribution in [1.82, 2.24) is 4.98 Å². The molecule has 0 unspecified atom stereocenters. The first kappa shape index (κ1) is 15.8. The minimum Gasteiger partial charge on any atom is -0.445 e. The van der Waals surface area contributed by atoms with Crippen LogP contribution in [0.5, 0.6) is 0 Å². The van der Waals surface area contributed by atoms with Crippen LogP contribution in [-0.4, -0.2) is 10.8 Å². The molecule has 25 heavy (non-hydrogen) atoms. The highest BCUT2D eigenvalue weighted by atomic mass is 16.3. The Labute approximate surface area is 147 Å². The van der Waals surface area contributed by atoms with Gasteiger partial charge in [-0.15, -0.1) is 0 Å². The second-order valence-electron chi connectivity index (χ2n) is 6.83. The summed E-state index contributed by atoms with van der Waals surface area (Å²) >= 11 is 0. The van der Waals surface area contributed by atoms with Crippen molar-refractivity contribution in [2.45, 2.75) is 32.6 Å². The highest BCUT2D eigenvalue weighted by Crippen LogP contribution is 2.30. The standard InChI is InChI=1S/C22H21NO2/c1-15-5-8-19(22-23-11-12-25-22)14-20(15)17-9-6-16(7-10-17)13-21(24)18-3-2-4-18/h5-12,14,18H,2-4,13H2,1H3. The first-order valence-electron chi connectivity index (χ1n) is 8.83. The molecule has 0 bridgehead atoms. The molecule has 0 amide bonds. The van der Waals surface area contributed by atoms with Gasteiger partial charge in [0.15, 0.2) is 0 Å². The van der Waals surface area contributed by atoms with Gasteiger partial charge in [0.1, 0.15) is 12.0 Å². The highest BCUT2D eigenvalue weighted by Gasteiger charge is 2.24. The molecule has 4 rings (SSSR count). The first-order valence-corrected chi connectivity index (χ1v) is 8.83. The number of hydrogen-bond acceptors (Lipinski definition) is 3. The number of carbonyl (C=O) groups excluding carboxylic acids is 1. The second kappa shape index (κ2) is 6.67. The van der Waals surface area contributed by atoms with Gasteiger partial charge >= 0.3 is 0 Å². The third-order valence-electron chi connectivity index (χ3n) is 5.12. The van der Waals surface area contributed by atoms with Crippen LogP contribution in [0.25, 0.3) is 22.6 Å². The Morgan fingerprint density at radius 1 is 1.12 bits per heavy atom. The topological polar surface area (TPSA) is 43.1 Å². The monoisotopic (exact) mass is 331 g/mol. The Morgan fingerprint density at radius 3 is 2.52 bits per heavy atom. The predicted molar refractivity (Wildman–Crippen MR) is 98.2 cm³/mol. The first-order chi connectivity index (χ1) is 12.2. The molecule has 0 saturated heterocycles. The Hall–Kier alpha value is -2.68. The summed E-state index contributed by atoms with van der Waals surface area (Å²) in [4.78, 5) is 16.4. The van der Waals surface area contributed by atoms with Gasteiger partial charge in [0, 0.05) is 17.9 Å². The van der Waals surface area contributed by atoms with Crippen molar-refractivity contribution in [2.24, 2.45) is 5.92 Å². The number of oxazole rings is 1. The molecule has 1 aliphatic rings. The number of benzene rings is 2. The molecule has 0 aliphatic heterocycles. The minimum absolute atomic E-state index is 0.305. The molecule has 0 spiro atoms. The maximum atomic E-state index is 12.2. The molecule has 3 nitrogen and oxygen atoms in total. The molecule has 0 N–H and O–H groups in total. The third-order valence-corrected chi connectivity index (χ3v) is 5.12. The van der Waals surface area contributed by atoms with E-state index in [-0.39, 0.29) is 0 Å². The average molecular weight is 331 g/mol. The van der Waals surface area contributed by atoms with Crippen LogP contribution in [0.4, 0.5) is 0 Å². The van der Waals surface area contributed by atoms with Crippen LogP contribution >= 0.6 is 0 Å².